The van der Waals surface area contributed by atoms with Crippen molar-refractivity contribution in [3.63, 3.8) is 0 Å². The molecule has 2 aromatic carbocycles. The van der Waals surface area contributed by atoms with Gasteiger partial charge in [-0.15, -0.1) is 13.2 Å². The zero-order valence-electron chi connectivity index (χ0n) is 10.8. The minimum Gasteiger partial charge on any atom is -0.406 e. The van der Waals surface area contributed by atoms with Crippen LogP contribution in [0.5, 0.6) is 5.75 Å². The molecule has 2 N–H and O–H groups in total. The molecule has 2 aromatic rings. The van der Waals surface area contributed by atoms with E-state index in [9.17, 15) is 13.2 Å². The molecule has 6 heteroatoms. The number of rotatable bonds is 3. The Morgan fingerprint density at radius 3 is 2.29 bits per heavy atom. The van der Waals surface area contributed by atoms with Crippen LogP contribution < -0.4 is 10.5 Å². The molecule has 0 radical (unpaired) electrons. The molecule has 0 saturated heterocycles. The Bertz CT molecular complexity index is 660. The van der Waals surface area contributed by atoms with E-state index in [1.807, 2.05) is 6.07 Å². The molecule has 3 nitrogen and oxygen atoms in total. The van der Waals surface area contributed by atoms with Gasteiger partial charge in [-0.1, -0.05) is 24.3 Å². The number of alkyl halides is 3. The zero-order valence-corrected chi connectivity index (χ0v) is 10.8. The Balaban J connectivity index is 2.20. The third-order valence-electron chi connectivity index (χ3n) is 2.85. The predicted octanol–water partition coefficient (Wildman–Crippen LogP) is 3.50. The quantitative estimate of drug-likeness (QED) is 0.941. The van der Waals surface area contributed by atoms with Gasteiger partial charge in [0.15, 0.2) is 0 Å². The molecule has 0 heterocycles. The first kappa shape index (κ1) is 14.9. The van der Waals surface area contributed by atoms with Crippen LogP contribution in [-0.4, -0.2) is 6.36 Å². The van der Waals surface area contributed by atoms with Crippen LogP contribution in [-0.2, 0) is 0 Å². The number of nitrogens with zero attached hydrogens (tertiary/aromatic N) is 1. The summed E-state index contributed by atoms with van der Waals surface area (Å²) in [6.45, 7) is 0. The minimum absolute atomic E-state index is 0.302. The molecule has 0 unspecified atom stereocenters. The monoisotopic (exact) mass is 292 g/mol. The molecule has 0 aliphatic heterocycles. The Kier molecular flexibility index (Phi) is 4.15. The smallest absolute Gasteiger partial charge is 0.406 e. The van der Waals surface area contributed by atoms with E-state index < -0.39 is 12.4 Å². The first-order chi connectivity index (χ1) is 9.89. The fourth-order valence-electron chi connectivity index (χ4n) is 1.87. The van der Waals surface area contributed by atoms with Crippen LogP contribution in [0.15, 0.2) is 48.5 Å². The van der Waals surface area contributed by atoms with E-state index in [-0.39, 0.29) is 5.75 Å². The second kappa shape index (κ2) is 5.85. The van der Waals surface area contributed by atoms with Gasteiger partial charge in [0, 0.05) is 0 Å². The molecule has 0 saturated carbocycles. The molecule has 0 aliphatic rings. The Hall–Kier alpha value is -2.52. The number of nitrogens with two attached hydrogens (primary N) is 1. The van der Waals surface area contributed by atoms with E-state index in [0.29, 0.717) is 16.7 Å². The molecule has 1 atom stereocenters. The van der Waals surface area contributed by atoms with Crippen molar-refractivity contribution in [2.24, 2.45) is 5.73 Å². The number of ether oxygens (including phenoxy) is 1. The van der Waals surface area contributed by atoms with Crippen LogP contribution in [0.1, 0.15) is 22.7 Å². The van der Waals surface area contributed by atoms with E-state index in [1.165, 1.54) is 24.3 Å². The maximum atomic E-state index is 12.1. The van der Waals surface area contributed by atoms with Gasteiger partial charge in [0.05, 0.1) is 17.7 Å². The van der Waals surface area contributed by atoms with E-state index in [2.05, 4.69) is 4.74 Å². The third-order valence-corrected chi connectivity index (χ3v) is 2.85. The summed E-state index contributed by atoms with van der Waals surface area (Å²) in [7, 11) is 0. The molecule has 0 aromatic heterocycles. The van der Waals surface area contributed by atoms with Crippen molar-refractivity contribution in [2.75, 3.05) is 0 Å². The van der Waals surface area contributed by atoms with Gasteiger partial charge in [0.1, 0.15) is 5.75 Å². The summed E-state index contributed by atoms with van der Waals surface area (Å²) in [5.74, 6) is -0.302. The first-order valence-electron chi connectivity index (χ1n) is 6.00. The maximum absolute atomic E-state index is 12.1. The Morgan fingerprint density at radius 2 is 1.71 bits per heavy atom. The molecule has 0 fully saturated rings. The number of hydrogen-bond donors (Lipinski definition) is 1. The number of benzene rings is 2. The van der Waals surface area contributed by atoms with Gasteiger partial charge in [0.25, 0.3) is 0 Å². The lowest BCUT2D eigenvalue weighted by molar-refractivity contribution is -0.274. The summed E-state index contributed by atoms with van der Waals surface area (Å²) in [6, 6.07) is 13.6. The van der Waals surface area contributed by atoms with Crippen LogP contribution in [0, 0.1) is 11.3 Å². The SMILES string of the molecule is N#Cc1cccc([C@H](N)c2ccc(OC(F)(F)F)cc2)c1. The summed E-state index contributed by atoms with van der Waals surface area (Å²) in [6.07, 6.45) is -4.72. The van der Waals surface area contributed by atoms with Crippen molar-refractivity contribution in [3.8, 4) is 11.8 Å². The largest absolute Gasteiger partial charge is 0.573 e. The highest BCUT2D eigenvalue weighted by molar-refractivity contribution is 5.39. The molecule has 0 amide bonds. The fourth-order valence-corrected chi connectivity index (χ4v) is 1.87. The van der Waals surface area contributed by atoms with Gasteiger partial charge in [-0.3, -0.25) is 0 Å². The molecule has 2 rings (SSSR count). The van der Waals surface area contributed by atoms with Crippen LogP contribution >= 0.6 is 0 Å². The van der Waals surface area contributed by atoms with Crippen LogP contribution in [0.3, 0.4) is 0 Å². The molecule has 21 heavy (non-hydrogen) atoms. The molecular weight excluding hydrogens is 281 g/mol. The van der Waals surface area contributed by atoms with Crippen molar-refractivity contribution in [1.82, 2.24) is 0 Å². The maximum Gasteiger partial charge on any atom is 0.573 e. The van der Waals surface area contributed by atoms with Crippen LogP contribution in [0.2, 0.25) is 0 Å². The predicted molar refractivity (Wildman–Crippen MR) is 70.3 cm³/mol. The van der Waals surface area contributed by atoms with Crippen LogP contribution in [0.4, 0.5) is 13.2 Å². The van der Waals surface area contributed by atoms with Crippen molar-refractivity contribution < 1.29 is 17.9 Å². The minimum atomic E-state index is -4.72. The Labute approximate surface area is 119 Å². The summed E-state index contributed by atoms with van der Waals surface area (Å²) < 4.78 is 40.0. The van der Waals surface area contributed by atoms with Crippen molar-refractivity contribution in [3.05, 3.63) is 65.2 Å². The average molecular weight is 292 g/mol. The Morgan fingerprint density at radius 1 is 1.05 bits per heavy atom. The normalized spacial score (nSPS) is 12.5. The molecule has 0 aliphatic carbocycles. The fraction of sp³-hybridized carbons (Fsp3) is 0.133. The van der Waals surface area contributed by atoms with E-state index in [4.69, 9.17) is 11.0 Å². The zero-order chi connectivity index (χ0) is 15.5. The van der Waals surface area contributed by atoms with Gasteiger partial charge in [-0.25, -0.2) is 0 Å². The molecular formula is C15H11F3N2O. The van der Waals surface area contributed by atoms with E-state index in [1.54, 1.807) is 24.3 Å². The molecule has 0 bridgehead atoms. The van der Waals surface area contributed by atoms with Gasteiger partial charge in [0.2, 0.25) is 0 Å². The number of nitriles is 1. The lowest BCUT2D eigenvalue weighted by Crippen LogP contribution is -2.17. The van der Waals surface area contributed by atoms with Crippen molar-refractivity contribution in [1.29, 1.82) is 5.26 Å². The third kappa shape index (κ3) is 3.97. The highest BCUT2D eigenvalue weighted by Gasteiger charge is 2.31. The van der Waals surface area contributed by atoms with Gasteiger partial charge < -0.3 is 10.5 Å². The standard InChI is InChI=1S/C15H11F3N2O/c16-15(17,18)21-13-6-4-11(5-7-13)14(20)12-3-1-2-10(8-12)9-19/h1-8,14H,20H2/t14-/m1/s1. The highest BCUT2D eigenvalue weighted by atomic mass is 19.4. The second-order valence-electron chi connectivity index (χ2n) is 4.33. The van der Waals surface area contributed by atoms with E-state index >= 15 is 0 Å². The van der Waals surface area contributed by atoms with E-state index in [0.717, 1.165) is 0 Å². The lowest BCUT2D eigenvalue weighted by atomic mass is 9.98. The summed E-state index contributed by atoms with van der Waals surface area (Å²) in [4.78, 5) is 0. The van der Waals surface area contributed by atoms with Gasteiger partial charge in [-0.05, 0) is 35.4 Å². The second-order valence-corrected chi connectivity index (χ2v) is 4.33. The first-order valence-corrected chi connectivity index (χ1v) is 6.00. The van der Waals surface area contributed by atoms with Gasteiger partial charge in [-0.2, -0.15) is 5.26 Å². The van der Waals surface area contributed by atoms with Crippen molar-refractivity contribution in [2.45, 2.75) is 12.4 Å². The summed E-state index contributed by atoms with van der Waals surface area (Å²) in [5, 5.41) is 8.85. The lowest BCUT2D eigenvalue weighted by Gasteiger charge is -2.14. The average Bonchev–Trinajstić information content (AvgIpc) is 2.46. The van der Waals surface area contributed by atoms with Gasteiger partial charge >= 0.3 is 6.36 Å². The van der Waals surface area contributed by atoms with Crippen LogP contribution in [0.25, 0.3) is 0 Å². The summed E-state index contributed by atoms with van der Waals surface area (Å²) >= 11 is 0. The summed E-state index contributed by atoms with van der Waals surface area (Å²) in [5.41, 5.74) is 7.85. The molecule has 108 valence electrons. The van der Waals surface area contributed by atoms with Crippen molar-refractivity contribution >= 4 is 0 Å². The highest BCUT2D eigenvalue weighted by Crippen LogP contribution is 2.26. The number of hydrogen-bond acceptors (Lipinski definition) is 3. The number of halogens is 3. The topological polar surface area (TPSA) is 59.0 Å². The molecule has 0 spiro atoms.